The maximum Gasteiger partial charge on any atom is 0.341 e. The number of pyridine rings is 1. The molecule has 0 bridgehead atoms. The SMILES string of the molecule is O=C(O)c1cn(-c2ccc3nc(N4CCOCC4)sc3c2)c(-c2ccc3c(c2)OC[C@H]2CCCN32)cc1=O. The molecule has 5 heterocycles. The first-order chi connectivity index (χ1) is 18.5. The van der Waals surface area contributed by atoms with Crippen LogP contribution in [0.3, 0.4) is 0 Å². The van der Waals surface area contributed by atoms with Crippen molar-refractivity contribution in [2.24, 2.45) is 0 Å². The Balaban J connectivity index is 1.34. The molecule has 9 nitrogen and oxygen atoms in total. The molecule has 0 radical (unpaired) electrons. The Labute approximate surface area is 222 Å². The van der Waals surface area contributed by atoms with Crippen LogP contribution in [0.1, 0.15) is 23.2 Å². The third kappa shape index (κ3) is 3.91. The van der Waals surface area contributed by atoms with Crippen molar-refractivity contribution in [3.05, 3.63) is 64.4 Å². The first-order valence-electron chi connectivity index (χ1n) is 12.8. The van der Waals surface area contributed by atoms with Gasteiger partial charge in [0, 0.05) is 43.1 Å². The molecule has 2 aromatic heterocycles. The Morgan fingerprint density at radius 2 is 1.95 bits per heavy atom. The Bertz CT molecular complexity index is 1620. The van der Waals surface area contributed by atoms with Crippen LogP contribution in [0.4, 0.5) is 10.8 Å². The number of carbonyl (C=O) groups is 1. The summed E-state index contributed by atoms with van der Waals surface area (Å²) in [5, 5.41) is 10.6. The standard InChI is InChI=1S/C28H26N4O5S/c33-24-14-23(17-3-6-22-25(12-17)37-16-19-2-1-7-31(19)22)32(15-20(24)27(34)35)18-4-5-21-26(13-18)38-28(29-21)30-8-10-36-11-9-30/h3-6,12-15,19H,1-2,7-11,16H2,(H,34,35)/t19-/m1/s1. The van der Waals surface area contributed by atoms with Crippen LogP contribution in [0.15, 0.2) is 53.5 Å². The van der Waals surface area contributed by atoms with Crippen molar-refractivity contribution < 1.29 is 19.4 Å². The highest BCUT2D eigenvalue weighted by molar-refractivity contribution is 7.22. The van der Waals surface area contributed by atoms with E-state index in [1.54, 1.807) is 15.9 Å². The first kappa shape index (κ1) is 23.2. The molecule has 10 heteroatoms. The van der Waals surface area contributed by atoms with Gasteiger partial charge in [-0.3, -0.25) is 4.79 Å². The largest absolute Gasteiger partial charge is 0.489 e. The zero-order valence-corrected chi connectivity index (χ0v) is 21.4. The summed E-state index contributed by atoms with van der Waals surface area (Å²) in [6, 6.07) is 13.7. The lowest BCUT2D eigenvalue weighted by Crippen LogP contribution is -2.38. The van der Waals surface area contributed by atoms with E-state index in [4.69, 9.17) is 14.5 Å². The number of carboxylic acids is 1. The van der Waals surface area contributed by atoms with E-state index in [9.17, 15) is 14.7 Å². The number of ether oxygens (including phenoxy) is 2. The lowest BCUT2D eigenvalue weighted by molar-refractivity contribution is 0.0695. The average Bonchev–Trinajstić information content (AvgIpc) is 3.60. The second-order valence-corrected chi connectivity index (χ2v) is 10.9. The maximum atomic E-state index is 12.8. The number of morpholine rings is 1. The number of nitrogens with zero attached hydrogens (tertiary/aromatic N) is 4. The summed E-state index contributed by atoms with van der Waals surface area (Å²) in [5.41, 5.74) is 3.28. The van der Waals surface area contributed by atoms with Crippen LogP contribution in [-0.4, -0.2) is 66.1 Å². The van der Waals surface area contributed by atoms with Gasteiger partial charge in [-0.05, 0) is 43.2 Å². The smallest absolute Gasteiger partial charge is 0.341 e. The fourth-order valence-corrected chi connectivity index (χ4v) is 6.66. The molecule has 0 amide bonds. The highest BCUT2D eigenvalue weighted by Gasteiger charge is 2.31. The summed E-state index contributed by atoms with van der Waals surface area (Å²) in [6.07, 6.45) is 3.70. The van der Waals surface area contributed by atoms with Crippen LogP contribution in [0.2, 0.25) is 0 Å². The molecule has 0 aliphatic carbocycles. The average molecular weight is 531 g/mol. The van der Waals surface area contributed by atoms with E-state index in [1.807, 2.05) is 36.4 Å². The van der Waals surface area contributed by atoms with E-state index in [2.05, 4.69) is 9.80 Å². The fraction of sp³-hybridized carbons (Fsp3) is 0.321. The molecule has 3 aliphatic heterocycles. The molecule has 38 heavy (non-hydrogen) atoms. The molecule has 1 atom stereocenters. The van der Waals surface area contributed by atoms with Gasteiger partial charge in [0.15, 0.2) is 10.6 Å². The molecule has 2 saturated heterocycles. The van der Waals surface area contributed by atoms with E-state index in [0.29, 0.717) is 31.6 Å². The van der Waals surface area contributed by atoms with Crippen LogP contribution in [0.25, 0.3) is 27.2 Å². The van der Waals surface area contributed by atoms with Gasteiger partial charge >= 0.3 is 5.97 Å². The van der Waals surface area contributed by atoms with Gasteiger partial charge in [0.1, 0.15) is 17.9 Å². The zero-order valence-electron chi connectivity index (χ0n) is 20.6. The van der Waals surface area contributed by atoms with E-state index in [1.165, 1.54) is 12.3 Å². The van der Waals surface area contributed by atoms with Crippen molar-refractivity contribution in [2.45, 2.75) is 18.9 Å². The zero-order chi connectivity index (χ0) is 25.8. The molecule has 7 rings (SSSR count). The third-order valence-electron chi connectivity index (χ3n) is 7.58. The minimum Gasteiger partial charge on any atom is -0.489 e. The van der Waals surface area contributed by atoms with Crippen molar-refractivity contribution in [1.82, 2.24) is 9.55 Å². The summed E-state index contributed by atoms with van der Waals surface area (Å²) < 4.78 is 14.3. The van der Waals surface area contributed by atoms with Crippen molar-refractivity contribution >= 4 is 38.3 Å². The lowest BCUT2D eigenvalue weighted by atomic mass is 10.1. The molecule has 4 aromatic rings. The highest BCUT2D eigenvalue weighted by atomic mass is 32.1. The van der Waals surface area contributed by atoms with Crippen molar-refractivity contribution in [3.63, 3.8) is 0 Å². The van der Waals surface area contributed by atoms with Crippen LogP contribution in [0.5, 0.6) is 5.75 Å². The predicted octanol–water partition coefficient (Wildman–Crippen LogP) is 4.01. The number of benzene rings is 2. The van der Waals surface area contributed by atoms with Crippen LogP contribution in [-0.2, 0) is 4.74 Å². The van der Waals surface area contributed by atoms with Gasteiger partial charge in [-0.15, -0.1) is 0 Å². The topological polar surface area (TPSA) is 97.1 Å². The molecule has 1 N–H and O–H groups in total. The van der Waals surface area contributed by atoms with Gasteiger partial charge in [-0.2, -0.15) is 0 Å². The second-order valence-electron chi connectivity index (χ2n) is 9.84. The van der Waals surface area contributed by atoms with Crippen LogP contribution >= 0.6 is 11.3 Å². The maximum absolute atomic E-state index is 12.8. The molecule has 194 valence electrons. The van der Waals surface area contributed by atoms with Gasteiger partial charge < -0.3 is 28.9 Å². The Morgan fingerprint density at radius 1 is 1.08 bits per heavy atom. The highest BCUT2D eigenvalue weighted by Crippen LogP contribution is 2.41. The molecule has 0 saturated carbocycles. The van der Waals surface area contributed by atoms with Gasteiger partial charge in [0.2, 0.25) is 0 Å². The molecule has 0 spiro atoms. The third-order valence-corrected chi connectivity index (χ3v) is 8.65. The Kier molecular flexibility index (Phi) is 5.59. The summed E-state index contributed by atoms with van der Waals surface area (Å²) in [4.78, 5) is 34.1. The number of carboxylic acid groups (broad SMARTS) is 1. The first-order valence-corrected chi connectivity index (χ1v) is 13.6. The number of hydrogen-bond donors (Lipinski definition) is 1. The molecule has 2 fully saturated rings. The summed E-state index contributed by atoms with van der Waals surface area (Å²) in [6.45, 7) is 4.63. The minimum absolute atomic E-state index is 0.277. The lowest BCUT2D eigenvalue weighted by Gasteiger charge is -2.33. The molecule has 3 aliphatic rings. The number of fused-ring (bicyclic) bond motifs is 4. The summed E-state index contributed by atoms with van der Waals surface area (Å²) in [7, 11) is 0. The number of aromatic carboxylic acids is 1. The van der Waals surface area contributed by atoms with E-state index in [0.717, 1.165) is 70.5 Å². The predicted molar refractivity (Wildman–Crippen MR) is 147 cm³/mol. The van der Waals surface area contributed by atoms with Gasteiger partial charge in [0.05, 0.1) is 40.9 Å². The Hall–Kier alpha value is -3.89. The number of hydrogen-bond acceptors (Lipinski definition) is 8. The van der Waals surface area contributed by atoms with Crippen LogP contribution in [0, 0.1) is 0 Å². The normalized spacial score (nSPS) is 18.8. The van der Waals surface area contributed by atoms with Crippen molar-refractivity contribution in [3.8, 4) is 22.7 Å². The summed E-state index contributed by atoms with van der Waals surface area (Å²) in [5.74, 6) is -0.465. The van der Waals surface area contributed by atoms with Crippen molar-refractivity contribution in [2.75, 3.05) is 49.3 Å². The number of thiazole rings is 1. The van der Waals surface area contributed by atoms with E-state index in [-0.39, 0.29) is 5.56 Å². The molecular weight excluding hydrogens is 504 g/mol. The molecule has 0 unspecified atom stereocenters. The summed E-state index contributed by atoms with van der Waals surface area (Å²) >= 11 is 1.60. The van der Waals surface area contributed by atoms with Gasteiger partial charge in [-0.25, -0.2) is 9.78 Å². The van der Waals surface area contributed by atoms with Crippen LogP contribution < -0.4 is 20.0 Å². The number of aromatic nitrogens is 2. The van der Waals surface area contributed by atoms with Crippen molar-refractivity contribution in [1.29, 1.82) is 0 Å². The quantitative estimate of drug-likeness (QED) is 0.423. The monoisotopic (exact) mass is 530 g/mol. The fourth-order valence-electron chi connectivity index (χ4n) is 5.61. The molecule has 2 aromatic carbocycles. The minimum atomic E-state index is -1.25. The number of anilines is 2. The van der Waals surface area contributed by atoms with E-state index < -0.39 is 11.4 Å². The Morgan fingerprint density at radius 3 is 2.79 bits per heavy atom. The second kappa shape index (κ2) is 9.14. The van der Waals surface area contributed by atoms with E-state index >= 15 is 0 Å². The number of rotatable bonds is 4. The van der Waals surface area contributed by atoms with Gasteiger partial charge in [-0.1, -0.05) is 17.4 Å². The molecular formula is C28H26N4O5S. The van der Waals surface area contributed by atoms with Gasteiger partial charge in [0.25, 0.3) is 0 Å².